The van der Waals surface area contributed by atoms with Gasteiger partial charge >= 0.3 is 12.1 Å². The standard InChI is InChI=1S/C14H8BrF4NO3/c1-22-13(21)7-4-9(15)12(10(16)5-7)23-8-2-3-20-11(6-8)14(17,18)19/h2-6H,1H3. The monoisotopic (exact) mass is 393 g/mol. The number of aromatic nitrogens is 1. The minimum atomic E-state index is -4.65. The van der Waals surface area contributed by atoms with E-state index in [1.54, 1.807) is 0 Å². The molecule has 0 unspecified atom stereocenters. The van der Waals surface area contributed by atoms with Gasteiger partial charge in [0.2, 0.25) is 0 Å². The Bertz CT molecular complexity index is 726. The molecule has 0 aliphatic carbocycles. The highest BCUT2D eigenvalue weighted by Crippen LogP contribution is 2.35. The van der Waals surface area contributed by atoms with E-state index in [1.165, 1.54) is 6.07 Å². The lowest BCUT2D eigenvalue weighted by Crippen LogP contribution is -2.07. The van der Waals surface area contributed by atoms with Gasteiger partial charge in [0, 0.05) is 12.3 Å². The Kier molecular flexibility index (Phi) is 4.88. The van der Waals surface area contributed by atoms with E-state index in [0.717, 1.165) is 25.4 Å². The number of methoxy groups -OCH3 is 1. The maximum Gasteiger partial charge on any atom is 0.433 e. The van der Waals surface area contributed by atoms with E-state index >= 15 is 0 Å². The molecule has 122 valence electrons. The number of carbonyl (C=O) groups is 1. The summed E-state index contributed by atoms with van der Waals surface area (Å²) in [5.41, 5.74) is -1.24. The quantitative estimate of drug-likeness (QED) is 0.565. The molecule has 1 aromatic heterocycles. The van der Waals surface area contributed by atoms with Crippen LogP contribution in [0.1, 0.15) is 16.1 Å². The maximum absolute atomic E-state index is 14.0. The largest absolute Gasteiger partial charge is 0.465 e. The Morgan fingerprint density at radius 1 is 1.26 bits per heavy atom. The maximum atomic E-state index is 14.0. The molecule has 9 heteroatoms. The van der Waals surface area contributed by atoms with Crippen molar-refractivity contribution in [1.82, 2.24) is 4.98 Å². The van der Waals surface area contributed by atoms with Crippen LogP contribution in [0.3, 0.4) is 0 Å². The first-order chi connectivity index (χ1) is 10.7. The fourth-order valence-electron chi connectivity index (χ4n) is 1.64. The Hall–Kier alpha value is -2.16. The smallest absolute Gasteiger partial charge is 0.433 e. The highest BCUT2D eigenvalue weighted by molar-refractivity contribution is 9.10. The number of benzene rings is 1. The average Bonchev–Trinajstić information content (AvgIpc) is 2.49. The second kappa shape index (κ2) is 6.53. The van der Waals surface area contributed by atoms with Gasteiger partial charge in [0.1, 0.15) is 11.4 Å². The van der Waals surface area contributed by atoms with Gasteiger partial charge in [0.25, 0.3) is 0 Å². The average molecular weight is 394 g/mol. The van der Waals surface area contributed by atoms with Gasteiger partial charge in [0.15, 0.2) is 11.6 Å². The Morgan fingerprint density at radius 3 is 2.52 bits per heavy atom. The van der Waals surface area contributed by atoms with Gasteiger partial charge < -0.3 is 9.47 Å². The van der Waals surface area contributed by atoms with Crippen molar-refractivity contribution < 1.29 is 31.8 Å². The third-order valence-corrected chi connectivity index (χ3v) is 3.25. The van der Waals surface area contributed by atoms with Crippen molar-refractivity contribution in [3.63, 3.8) is 0 Å². The van der Waals surface area contributed by atoms with Gasteiger partial charge in [-0.2, -0.15) is 13.2 Å². The van der Waals surface area contributed by atoms with Crippen molar-refractivity contribution in [2.45, 2.75) is 6.18 Å². The van der Waals surface area contributed by atoms with E-state index in [1.807, 2.05) is 0 Å². The number of halogens is 5. The number of hydrogen-bond donors (Lipinski definition) is 0. The molecular formula is C14H8BrF4NO3. The summed E-state index contributed by atoms with van der Waals surface area (Å²) in [6.45, 7) is 0. The molecule has 0 fully saturated rings. The summed E-state index contributed by atoms with van der Waals surface area (Å²) in [6, 6.07) is 3.88. The van der Waals surface area contributed by atoms with Gasteiger partial charge in [0.05, 0.1) is 17.1 Å². The zero-order valence-corrected chi connectivity index (χ0v) is 13.0. The fraction of sp³-hybridized carbons (Fsp3) is 0.143. The molecule has 0 N–H and O–H groups in total. The molecule has 0 amide bonds. The molecule has 23 heavy (non-hydrogen) atoms. The molecule has 1 aromatic carbocycles. The van der Waals surface area contributed by atoms with Crippen molar-refractivity contribution in [3.05, 3.63) is 52.0 Å². The number of hydrogen-bond acceptors (Lipinski definition) is 4. The first kappa shape index (κ1) is 17.2. The summed E-state index contributed by atoms with van der Waals surface area (Å²) in [4.78, 5) is 14.5. The van der Waals surface area contributed by atoms with Gasteiger partial charge in [-0.15, -0.1) is 0 Å². The van der Waals surface area contributed by atoms with Crippen molar-refractivity contribution in [2.75, 3.05) is 7.11 Å². The van der Waals surface area contributed by atoms with E-state index in [9.17, 15) is 22.4 Å². The molecule has 0 aliphatic rings. The van der Waals surface area contributed by atoms with Crippen molar-refractivity contribution in [2.24, 2.45) is 0 Å². The molecule has 2 aromatic rings. The van der Waals surface area contributed by atoms with Crippen LogP contribution in [0.15, 0.2) is 34.9 Å². The van der Waals surface area contributed by atoms with Gasteiger partial charge in [-0.3, -0.25) is 4.98 Å². The van der Waals surface area contributed by atoms with Gasteiger partial charge in [-0.05, 0) is 34.1 Å². The van der Waals surface area contributed by atoms with Crippen molar-refractivity contribution >= 4 is 21.9 Å². The number of carbonyl (C=O) groups excluding carboxylic acids is 1. The summed E-state index contributed by atoms with van der Waals surface area (Å²) < 4.78 is 61.4. The molecule has 0 spiro atoms. The van der Waals surface area contributed by atoms with E-state index in [-0.39, 0.29) is 21.5 Å². The zero-order chi connectivity index (χ0) is 17.2. The van der Waals surface area contributed by atoms with Crippen molar-refractivity contribution in [1.29, 1.82) is 0 Å². The molecule has 2 rings (SSSR count). The van der Waals surface area contributed by atoms with Crippen LogP contribution in [0.25, 0.3) is 0 Å². The van der Waals surface area contributed by atoms with E-state index < -0.39 is 23.7 Å². The molecule has 0 saturated carbocycles. The van der Waals surface area contributed by atoms with Crippen LogP contribution in [0.2, 0.25) is 0 Å². The lowest BCUT2D eigenvalue weighted by atomic mass is 10.2. The third-order valence-electron chi connectivity index (χ3n) is 2.66. The van der Waals surface area contributed by atoms with Crippen LogP contribution in [-0.4, -0.2) is 18.1 Å². The zero-order valence-electron chi connectivity index (χ0n) is 11.4. The fourth-order valence-corrected chi connectivity index (χ4v) is 2.16. The van der Waals surface area contributed by atoms with Crippen LogP contribution in [0.5, 0.6) is 11.5 Å². The molecule has 0 bridgehead atoms. The molecule has 1 heterocycles. The Labute approximate surface area is 136 Å². The highest BCUT2D eigenvalue weighted by Gasteiger charge is 2.32. The predicted molar refractivity (Wildman–Crippen MR) is 74.8 cm³/mol. The number of rotatable bonds is 3. The van der Waals surface area contributed by atoms with E-state index in [4.69, 9.17) is 4.74 Å². The lowest BCUT2D eigenvalue weighted by Gasteiger charge is -2.12. The summed E-state index contributed by atoms with van der Waals surface area (Å²) in [6.07, 6.45) is -3.75. The first-order valence-electron chi connectivity index (χ1n) is 6.01. The van der Waals surface area contributed by atoms with Gasteiger partial charge in [-0.25, -0.2) is 9.18 Å². The third kappa shape index (κ3) is 3.98. The van der Waals surface area contributed by atoms with Gasteiger partial charge in [-0.1, -0.05) is 0 Å². The number of pyridine rings is 1. The predicted octanol–water partition coefficient (Wildman–Crippen LogP) is 4.58. The highest BCUT2D eigenvalue weighted by atomic mass is 79.9. The normalized spacial score (nSPS) is 11.2. The Morgan fingerprint density at radius 2 is 1.96 bits per heavy atom. The summed E-state index contributed by atoms with van der Waals surface area (Å²) in [5, 5.41) is 0. The number of alkyl halides is 3. The van der Waals surface area contributed by atoms with E-state index in [2.05, 4.69) is 25.7 Å². The van der Waals surface area contributed by atoms with Crippen LogP contribution in [-0.2, 0) is 10.9 Å². The van der Waals surface area contributed by atoms with Crippen LogP contribution < -0.4 is 4.74 Å². The lowest BCUT2D eigenvalue weighted by molar-refractivity contribution is -0.141. The van der Waals surface area contributed by atoms with Crippen LogP contribution in [0, 0.1) is 5.82 Å². The molecule has 4 nitrogen and oxygen atoms in total. The van der Waals surface area contributed by atoms with Crippen molar-refractivity contribution in [3.8, 4) is 11.5 Å². The first-order valence-corrected chi connectivity index (χ1v) is 6.80. The molecule has 0 atom stereocenters. The molecule has 0 saturated heterocycles. The molecule has 0 aliphatic heterocycles. The van der Waals surface area contributed by atoms with Crippen LogP contribution >= 0.6 is 15.9 Å². The molecule has 0 radical (unpaired) electrons. The number of nitrogens with zero attached hydrogens (tertiary/aromatic N) is 1. The summed E-state index contributed by atoms with van der Waals surface area (Å²) >= 11 is 3.00. The molecular weight excluding hydrogens is 386 g/mol. The second-order valence-corrected chi connectivity index (χ2v) is 5.09. The SMILES string of the molecule is COC(=O)c1cc(F)c(Oc2ccnc(C(F)(F)F)c2)c(Br)c1. The minimum Gasteiger partial charge on any atom is -0.465 e. The van der Waals surface area contributed by atoms with E-state index in [0.29, 0.717) is 6.07 Å². The topological polar surface area (TPSA) is 48.4 Å². The second-order valence-electron chi connectivity index (χ2n) is 4.24. The summed E-state index contributed by atoms with van der Waals surface area (Å²) in [5.74, 6) is -2.32. The number of ether oxygens (including phenoxy) is 2. The minimum absolute atomic E-state index is 0.0447. The Balaban J connectivity index is 2.36. The summed E-state index contributed by atoms with van der Waals surface area (Å²) in [7, 11) is 1.13. The number of esters is 1. The van der Waals surface area contributed by atoms with Crippen LogP contribution in [0.4, 0.5) is 17.6 Å².